The summed E-state index contributed by atoms with van der Waals surface area (Å²) in [6.45, 7) is 3.41. The highest BCUT2D eigenvalue weighted by Gasteiger charge is 2.01. The molecule has 2 nitrogen and oxygen atoms in total. The number of hydrogen-bond acceptors (Lipinski definition) is 4. The molecule has 2 rings (SSSR count). The van der Waals surface area contributed by atoms with E-state index < -0.39 is 0 Å². The largest absolute Gasteiger partial charge is 0.228 e. The van der Waals surface area contributed by atoms with Gasteiger partial charge in [-0.1, -0.05) is 12.1 Å². The highest BCUT2D eigenvalue weighted by atomic mass is 32.2. The second kappa shape index (κ2) is 3.25. The second-order valence-corrected chi connectivity index (χ2v) is 4.28. The Morgan fingerprint density at radius 3 is 3.00 bits per heavy atom. The molecule has 2 aromatic rings. The summed E-state index contributed by atoms with van der Waals surface area (Å²) in [6.07, 6.45) is 0. The fourth-order valence-electron chi connectivity index (χ4n) is 0.945. The third kappa shape index (κ3) is 1.35. The van der Waals surface area contributed by atoms with Crippen molar-refractivity contribution < 1.29 is 0 Å². The van der Waals surface area contributed by atoms with Gasteiger partial charge in [0, 0.05) is 11.9 Å². The van der Waals surface area contributed by atoms with Crippen LogP contribution in [-0.2, 0) is 0 Å². The SMILES string of the molecule is C=NSc1nc2ccccc2s1. The molecule has 0 aliphatic heterocycles. The lowest BCUT2D eigenvalue weighted by Gasteiger charge is -1.80. The van der Waals surface area contributed by atoms with Crippen LogP contribution in [0.5, 0.6) is 0 Å². The Balaban J connectivity index is 2.54. The normalized spacial score (nSPS) is 10.3. The van der Waals surface area contributed by atoms with Crippen LogP contribution in [0.1, 0.15) is 0 Å². The molecule has 0 spiro atoms. The van der Waals surface area contributed by atoms with Gasteiger partial charge in [0.1, 0.15) is 0 Å². The Morgan fingerprint density at radius 2 is 2.25 bits per heavy atom. The minimum atomic E-state index is 0.950. The van der Waals surface area contributed by atoms with E-state index in [4.69, 9.17) is 0 Å². The molecule has 0 saturated heterocycles. The molecule has 0 aliphatic rings. The number of aromatic nitrogens is 1. The molecule has 0 unspecified atom stereocenters. The van der Waals surface area contributed by atoms with Gasteiger partial charge in [-0.25, -0.2) is 9.38 Å². The van der Waals surface area contributed by atoms with Crippen molar-refractivity contribution >= 4 is 40.2 Å². The molecule has 12 heavy (non-hydrogen) atoms. The Labute approximate surface area is 78.5 Å². The molecule has 4 heteroatoms. The molecule has 0 radical (unpaired) electrons. The summed E-state index contributed by atoms with van der Waals surface area (Å²) >= 11 is 2.96. The van der Waals surface area contributed by atoms with Crippen molar-refractivity contribution in [3.63, 3.8) is 0 Å². The van der Waals surface area contributed by atoms with Crippen LogP contribution < -0.4 is 0 Å². The molecule has 0 N–H and O–H groups in total. The van der Waals surface area contributed by atoms with Gasteiger partial charge in [0.05, 0.1) is 10.2 Å². The van der Waals surface area contributed by atoms with Crippen molar-refractivity contribution in [3.05, 3.63) is 24.3 Å². The summed E-state index contributed by atoms with van der Waals surface area (Å²) in [7, 11) is 0. The third-order valence-electron chi connectivity index (χ3n) is 1.42. The summed E-state index contributed by atoms with van der Waals surface area (Å²) < 4.78 is 5.86. The first-order valence-corrected chi connectivity index (χ1v) is 4.98. The maximum atomic E-state index is 4.35. The first-order chi connectivity index (χ1) is 5.90. The van der Waals surface area contributed by atoms with Crippen molar-refractivity contribution in [2.75, 3.05) is 0 Å². The van der Waals surface area contributed by atoms with Crippen molar-refractivity contribution in [1.82, 2.24) is 4.98 Å². The number of nitrogens with zero attached hydrogens (tertiary/aromatic N) is 2. The number of rotatable bonds is 2. The van der Waals surface area contributed by atoms with E-state index in [2.05, 4.69) is 22.2 Å². The Kier molecular flexibility index (Phi) is 2.10. The summed E-state index contributed by atoms with van der Waals surface area (Å²) in [4.78, 5) is 4.35. The molecule has 0 bridgehead atoms. The van der Waals surface area contributed by atoms with Crippen LogP contribution in [0.25, 0.3) is 10.2 Å². The highest BCUT2D eigenvalue weighted by molar-refractivity contribution is 8.00. The van der Waals surface area contributed by atoms with Gasteiger partial charge in [-0.2, -0.15) is 0 Å². The molecule has 1 aromatic heterocycles. The zero-order valence-corrected chi connectivity index (χ0v) is 7.86. The summed E-state index contributed by atoms with van der Waals surface area (Å²) in [5.41, 5.74) is 1.04. The van der Waals surface area contributed by atoms with Crippen LogP contribution in [0.4, 0.5) is 0 Å². The predicted molar refractivity (Wildman–Crippen MR) is 55.0 cm³/mol. The van der Waals surface area contributed by atoms with Gasteiger partial charge in [-0.3, -0.25) is 0 Å². The van der Waals surface area contributed by atoms with Gasteiger partial charge in [0.2, 0.25) is 0 Å². The van der Waals surface area contributed by atoms with E-state index in [-0.39, 0.29) is 0 Å². The van der Waals surface area contributed by atoms with Gasteiger partial charge in [-0.05, 0) is 18.9 Å². The minimum absolute atomic E-state index is 0.950. The first kappa shape index (κ1) is 7.76. The topological polar surface area (TPSA) is 25.2 Å². The van der Waals surface area contributed by atoms with Crippen LogP contribution >= 0.6 is 23.3 Å². The van der Waals surface area contributed by atoms with Crippen LogP contribution in [-0.4, -0.2) is 11.7 Å². The van der Waals surface area contributed by atoms with E-state index in [1.165, 1.54) is 16.6 Å². The summed E-state index contributed by atoms with van der Waals surface area (Å²) in [5.74, 6) is 0. The van der Waals surface area contributed by atoms with Crippen molar-refractivity contribution in [2.45, 2.75) is 4.34 Å². The van der Waals surface area contributed by atoms with Crippen molar-refractivity contribution in [2.24, 2.45) is 4.40 Å². The predicted octanol–water partition coefficient (Wildman–Crippen LogP) is 3.00. The minimum Gasteiger partial charge on any atom is -0.228 e. The number of hydrogen-bond donors (Lipinski definition) is 0. The molecule has 1 heterocycles. The van der Waals surface area contributed by atoms with E-state index in [1.807, 2.05) is 18.2 Å². The summed E-state index contributed by atoms with van der Waals surface area (Å²) in [5, 5.41) is 0. The van der Waals surface area contributed by atoms with E-state index in [9.17, 15) is 0 Å². The van der Waals surface area contributed by atoms with Gasteiger partial charge in [0.25, 0.3) is 0 Å². The van der Waals surface area contributed by atoms with Gasteiger partial charge in [-0.15, -0.1) is 11.3 Å². The molecule has 0 fully saturated rings. The van der Waals surface area contributed by atoms with E-state index in [0.717, 1.165) is 9.86 Å². The smallest absolute Gasteiger partial charge is 0.173 e. The lowest BCUT2D eigenvalue weighted by atomic mass is 10.3. The Bertz CT molecular complexity index is 375. The van der Waals surface area contributed by atoms with Gasteiger partial charge in [0.15, 0.2) is 4.34 Å². The highest BCUT2D eigenvalue weighted by Crippen LogP contribution is 2.29. The van der Waals surface area contributed by atoms with Crippen LogP contribution in [0.15, 0.2) is 33.0 Å². The van der Waals surface area contributed by atoms with Gasteiger partial charge >= 0.3 is 0 Å². The zero-order chi connectivity index (χ0) is 8.39. The fraction of sp³-hybridized carbons (Fsp3) is 0. The zero-order valence-electron chi connectivity index (χ0n) is 6.23. The molecule has 60 valence electrons. The Hall–Kier alpha value is -0.870. The first-order valence-electron chi connectivity index (χ1n) is 3.39. The summed E-state index contributed by atoms with van der Waals surface area (Å²) in [6, 6.07) is 8.05. The maximum Gasteiger partial charge on any atom is 0.173 e. The molecule has 0 saturated carbocycles. The van der Waals surface area contributed by atoms with E-state index in [0.29, 0.717) is 0 Å². The monoisotopic (exact) mass is 194 g/mol. The van der Waals surface area contributed by atoms with Crippen LogP contribution in [0, 0.1) is 0 Å². The lowest BCUT2D eigenvalue weighted by molar-refractivity contribution is 1.31. The molecular formula is C8H6N2S2. The maximum absolute atomic E-state index is 4.35. The average molecular weight is 194 g/mol. The van der Waals surface area contributed by atoms with Crippen LogP contribution in [0.3, 0.4) is 0 Å². The molecular weight excluding hydrogens is 188 g/mol. The fourth-order valence-corrected chi connectivity index (χ4v) is 2.47. The lowest BCUT2D eigenvalue weighted by Crippen LogP contribution is -1.64. The third-order valence-corrected chi connectivity index (χ3v) is 3.10. The van der Waals surface area contributed by atoms with Crippen LogP contribution in [0.2, 0.25) is 0 Å². The Morgan fingerprint density at radius 1 is 1.42 bits per heavy atom. The standard InChI is InChI=1S/C8H6N2S2/c1-9-12-8-10-6-4-2-3-5-7(6)11-8/h2-5H,1H2. The van der Waals surface area contributed by atoms with Crippen molar-refractivity contribution in [3.8, 4) is 0 Å². The number of thiazole rings is 1. The number of benzene rings is 1. The van der Waals surface area contributed by atoms with Crippen molar-refractivity contribution in [1.29, 1.82) is 0 Å². The molecule has 1 aromatic carbocycles. The number of para-hydroxylation sites is 1. The van der Waals surface area contributed by atoms with E-state index in [1.54, 1.807) is 11.3 Å². The molecule has 0 amide bonds. The molecule has 0 aliphatic carbocycles. The second-order valence-electron chi connectivity index (χ2n) is 2.17. The molecule has 0 atom stereocenters. The average Bonchev–Trinajstić information content (AvgIpc) is 2.47. The van der Waals surface area contributed by atoms with E-state index >= 15 is 0 Å². The quantitative estimate of drug-likeness (QED) is 0.542. The van der Waals surface area contributed by atoms with Gasteiger partial charge < -0.3 is 0 Å². The number of fused-ring (bicyclic) bond motifs is 1.